The molecule has 0 saturated carbocycles. The molecule has 2 rings (SSSR count). The van der Waals surface area contributed by atoms with Gasteiger partial charge >= 0.3 is 5.97 Å². The van der Waals surface area contributed by atoms with Crippen molar-refractivity contribution < 1.29 is 9.53 Å². The van der Waals surface area contributed by atoms with Gasteiger partial charge in [0.25, 0.3) is 0 Å². The molecule has 0 heterocycles. The lowest BCUT2D eigenvalue weighted by Crippen LogP contribution is -2.08. The van der Waals surface area contributed by atoms with Crippen molar-refractivity contribution in [3.05, 3.63) is 45.4 Å². The number of carbonyl (C=O) groups excluding carboxylic acids is 1. The van der Waals surface area contributed by atoms with Crippen LogP contribution in [-0.2, 0) is 22.4 Å². The Morgan fingerprint density at radius 1 is 1.41 bits per heavy atom. The zero-order valence-corrected chi connectivity index (χ0v) is 11.4. The molecule has 0 aliphatic heterocycles. The summed E-state index contributed by atoms with van der Waals surface area (Å²) in [6.07, 6.45) is 4.46. The van der Waals surface area contributed by atoms with Crippen LogP contribution < -0.4 is 0 Å². The first-order valence-electron chi connectivity index (χ1n) is 5.82. The molecule has 0 unspecified atom stereocenters. The average molecular weight is 295 g/mol. The number of esters is 1. The minimum atomic E-state index is -0.219. The predicted octanol–water partition coefficient (Wildman–Crippen LogP) is 3.43. The fourth-order valence-electron chi connectivity index (χ4n) is 2.10. The van der Waals surface area contributed by atoms with Crippen LogP contribution in [0, 0.1) is 0 Å². The molecule has 0 fully saturated rings. The Morgan fingerprint density at radius 3 is 3.00 bits per heavy atom. The fraction of sp³-hybridized carbons (Fsp3) is 0.357. The highest BCUT2D eigenvalue weighted by molar-refractivity contribution is 9.10. The van der Waals surface area contributed by atoms with E-state index in [1.807, 2.05) is 13.0 Å². The topological polar surface area (TPSA) is 26.3 Å². The van der Waals surface area contributed by atoms with Gasteiger partial charge in [-0.05, 0) is 49.4 Å². The smallest absolute Gasteiger partial charge is 0.330 e. The highest BCUT2D eigenvalue weighted by atomic mass is 79.9. The Hall–Kier alpha value is -1.09. The normalized spacial score (nSPS) is 16.7. The molecule has 90 valence electrons. The lowest BCUT2D eigenvalue weighted by atomic mass is 9.88. The van der Waals surface area contributed by atoms with Crippen molar-refractivity contribution in [2.45, 2.75) is 26.2 Å². The van der Waals surface area contributed by atoms with Crippen LogP contribution in [0.25, 0.3) is 0 Å². The van der Waals surface area contributed by atoms with E-state index in [1.165, 1.54) is 16.7 Å². The lowest BCUT2D eigenvalue weighted by molar-refractivity contribution is -0.137. The molecule has 0 atom stereocenters. The highest BCUT2D eigenvalue weighted by Gasteiger charge is 2.14. The first-order valence-corrected chi connectivity index (χ1v) is 6.62. The molecule has 1 aromatic carbocycles. The lowest BCUT2D eigenvalue weighted by Gasteiger charge is -2.18. The van der Waals surface area contributed by atoms with Crippen LogP contribution in [0.15, 0.2) is 34.3 Å². The van der Waals surface area contributed by atoms with Crippen LogP contribution >= 0.6 is 15.9 Å². The number of hydrogen-bond acceptors (Lipinski definition) is 2. The van der Waals surface area contributed by atoms with Crippen molar-refractivity contribution in [3.8, 4) is 0 Å². The van der Waals surface area contributed by atoms with Crippen molar-refractivity contribution in [2.75, 3.05) is 6.61 Å². The van der Waals surface area contributed by atoms with Gasteiger partial charge in [0.15, 0.2) is 0 Å². The van der Waals surface area contributed by atoms with Crippen molar-refractivity contribution >= 4 is 21.9 Å². The third-order valence-electron chi connectivity index (χ3n) is 2.91. The van der Waals surface area contributed by atoms with Crippen LogP contribution in [0.1, 0.15) is 24.5 Å². The van der Waals surface area contributed by atoms with Crippen LogP contribution in [0.4, 0.5) is 0 Å². The van der Waals surface area contributed by atoms with Crippen molar-refractivity contribution in [1.82, 2.24) is 0 Å². The first-order chi connectivity index (χ1) is 8.19. The van der Waals surface area contributed by atoms with E-state index >= 15 is 0 Å². The molecule has 0 radical (unpaired) electrons. The SMILES string of the molecule is CCOC(=O)/C=C1/CCc2cc(Br)ccc2C1. The fourth-order valence-corrected chi connectivity index (χ4v) is 2.51. The Bertz CT molecular complexity index is 463. The number of fused-ring (bicyclic) bond motifs is 1. The van der Waals surface area contributed by atoms with Gasteiger partial charge in [0.05, 0.1) is 6.61 Å². The number of aryl methyl sites for hydroxylation is 1. The maximum atomic E-state index is 11.4. The van der Waals surface area contributed by atoms with Gasteiger partial charge in [-0.2, -0.15) is 0 Å². The summed E-state index contributed by atoms with van der Waals surface area (Å²) in [6.45, 7) is 2.26. The number of rotatable bonds is 2. The average Bonchev–Trinajstić information content (AvgIpc) is 2.29. The van der Waals surface area contributed by atoms with Crippen LogP contribution in [-0.4, -0.2) is 12.6 Å². The molecule has 0 bridgehead atoms. The molecule has 1 aromatic rings. The first kappa shape index (κ1) is 12.4. The van der Waals surface area contributed by atoms with Gasteiger partial charge in [-0.3, -0.25) is 0 Å². The molecular formula is C14H15BrO2. The van der Waals surface area contributed by atoms with E-state index in [0.717, 1.165) is 23.7 Å². The summed E-state index contributed by atoms with van der Waals surface area (Å²) in [5.41, 5.74) is 3.86. The van der Waals surface area contributed by atoms with Gasteiger partial charge in [-0.15, -0.1) is 0 Å². The zero-order chi connectivity index (χ0) is 12.3. The summed E-state index contributed by atoms with van der Waals surface area (Å²) in [7, 11) is 0. The minimum Gasteiger partial charge on any atom is -0.463 e. The number of halogens is 1. The summed E-state index contributed by atoms with van der Waals surface area (Å²) in [4.78, 5) is 11.4. The molecule has 1 aliphatic carbocycles. The van der Waals surface area contributed by atoms with Crippen LogP contribution in [0.3, 0.4) is 0 Å². The monoisotopic (exact) mass is 294 g/mol. The van der Waals surface area contributed by atoms with Gasteiger partial charge < -0.3 is 4.74 Å². The summed E-state index contributed by atoms with van der Waals surface area (Å²) in [5, 5.41) is 0. The molecule has 0 spiro atoms. The second-order valence-corrected chi connectivity index (χ2v) is 5.06. The third kappa shape index (κ3) is 3.19. The van der Waals surface area contributed by atoms with E-state index in [2.05, 4.69) is 28.1 Å². The quantitative estimate of drug-likeness (QED) is 0.617. The molecule has 17 heavy (non-hydrogen) atoms. The number of allylic oxidation sites excluding steroid dienone is 1. The van der Waals surface area contributed by atoms with Crippen LogP contribution in [0.2, 0.25) is 0 Å². The maximum Gasteiger partial charge on any atom is 0.330 e. The molecule has 3 heteroatoms. The maximum absolute atomic E-state index is 11.4. The minimum absolute atomic E-state index is 0.219. The summed E-state index contributed by atoms with van der Waals surface area (Å²) < 4.78 is 6.05. The molecule has 0 N–H and O–H groups in total. The Balaban J connectivity index is 2.13. The standard InChI is InChI=1S/C14H15BrO2/c1-2-17-14(16)8-10-3-4-12-9-13(15)6-5-11(12)7-10/h5-6,8-9H,2-4,7H2,1H3/b10-8-. The van der Waals surface area contributed by atoms with E-state index in [0.29, 0.717) is 6.61 Å². The van der Waals surface area contributed by atoms with E-state index in [9.17, 15) is 4.79 Å². The second kappa shape index (κ2) is 5.50. The number of carbonyl (C=O) groups is 1. The molecule has 0 amide bonds. The van der Waals surface area contributed by atoms with E-state index in [1.54, 1.807) is 6.08 Å². The predicted molar refractivity (Wildman–Crippen MR) is 70.9 cm³/mol. The van der Waals surface area contributed by atoms with Gasteiger partial charge in [-0.25, -0.2) is 4.79 Å². The van der Waals surface area contributed by atoms with Gasteiger partial charge in [-0.1, -0.05) is 27.6 Å². The molecule has 1 aliphatic rings. The summed E-state index contributed by atoms with van der Waals surface area (Å²) in [6, 6.07) is 6.33. The van der Waals surface area contributed by atoms with E-state index in [-0.39, 0.29) is 5.97 Å². The Kier molecular flexibility index (Phi) is 4.00. The second-order valence-electron chi connectivity index (χ2n) is 4.14. The molecular weight excluding hydrogens is 280 g/mol. The highest BCUT2D eigenvalue weighted by Crippen LogP contribution is 2.27. The van der Waals surface area contributed by atoms with Gasteiger partial charge in [0, 0.05) is 10.5 Å². The van der Waals surface area contributed by atoms with Crippen molar-refractivity contribution in [3.63, 3.8) is 0 Å². The number of hydrogen-bond donors (Lipinski definition) is 0. The third-order valence-corrected chi connectivity index (χ3v) is 3.40. The number of ether oxygens (including phenoxy) is 1. The molecule has 2 nitrogen and oxygen atoms in total. The van der Waals surface area contributed by atoms with Crippen molar-refractivity contribution in [2.24, 2.45) is 0 Å². The van der Waals surface area contributed by atoms with Crippen molar-refractivity contribution in [1.29, 1.82) is 0 Å². The molecule has 0 aromatic heterocycles. The van der Waals surface area contributed by atoms with E-state index < -0.39 is 0 Å². The molecule has 0 saturated heterocycles. The largest absolute Gasteiger partial charge is 0.463 e. The Labute approximate surface area is 110 Å². The van der Waals surface area contributed by atoms with Gasteiger partial charge in [0.2, 0.25) is 0 Å². The number of benzene rings is 1. The van der Waals surface area contributed by atoms with Gasteiger partial charge in [0.1, 0.15) is 0 Å². The summed E-state index contributed by atoms with van der Waals surface area (Å²) in [5.74, 6) is -0.219. The zero-order valence-electron chi connectivity index (χ0n) is 9.83. The Morgan fingerprint density at radius 2 is 2.24 bits per heavy atom. The summed E-state index contributed by atoms with van der Waals surface area (Å²) >= 11 is 3.48. The van der Waals surface area contributed by atoms with Crippen LogP contribution in [0.5, 0.6) is 0 Å². The van der Waals surface area contributed by atoms with E-state index in [4.69, 9.17) is 4.74 Å².